The molecule has 3 aromatic carbocycles. The summed E-state index contributed by atoms with van der Waals surface area (Å²) in [7, 11) is 0. The number of carbonyl (C=O) groups is 2. The number of nitrogens with one attached hydrogen (secondary N) is 1. The summed E-state index contributed by atoms with van der Waals surface area (Å²) in [6.07, 6.45) is 0. The van der Waals surface area contributed by atoms with Crippen LogP contribution in [0.4, 0.5) is 28.9 Å². The van der Waals surface area contributed by atoms with Crippen LogP contribution in [0.2, 0.25) is 0 Å². The molecule has 0 atom stereocenters. The van der Waals surface area contributed by atoms with Gasteiger partial charge in [-0.15, -0.1) is 0 Å². The number of rotatable bonds is 4. The average molecular weight is 412 g/mol. The van der Waals surface area contributed by atoms with Crippen LogP contribution in [0.3, 0.4) is 0 Å². The molecule has 1 N–H and O–H groups in total. The lowest BCUT2D eigenvalue weighted by molar-refractivity contribution is -0.120. The highest BCUT2D eigenvalue weighted by Gasteiger charge is 2.41. The third kappa shape index (κ3) is 3.32. The highest BCUT2D eigenvalue weighted by atomic mass is 19.2. The van der Waals surface area contributed by atoms with E-state index in [-0.39, 0.29) is 17.0 Å². The number of nitrogens with zero attached hydrogens (tertiary/aromatic N) is 1. The van der Waals surface area contributed by atoms with Gasteiger partial charge in [-0.3, -0.25) is 9.59 Å². The number of hydrogen-bond donors (Lipinski definition) is 1. The van der Waals surface area contributed by atoms with Crippen LogP contribution in [0.15, 0.2) is 72.4 Å². The highest BCUT2D eigenvalue weighted by molar-refractivity contribution is 6.46. The van der Waals surface area contributed by atoms with Crippen LogP contribution in [0.25, 0.3) is 5.57 Å². The third-order valence-corrected chi connectivity index (χ3v) is 4.48. The Morgan fingerprint density at radius 2 is 1.40 bits per heavy atom. The molecule has 1 aliphatic heterocycles. The molecule has 0 radical (unpaired) electrons. The molecule has 150 valence electrons. The molecule has 8 heteroatoms. The Morgan fingerprint density at radius 3 is 2.10 bits per heavy atom. The van der Waals surface area contributed by atoms with E-state index in [9.17, 15) is 27.2 Å². The number of anilines is 2. The predicted octanol–water partition coefficient (Wildman–Crippen LogP) is 4.64. The maximum Gasteiger partial charge on any atom is 0.282 e. The van der Waals surface area contributed by atoms with Crippen molar-refractivity contribution in [2.45, 2.75) is 0 Å². The van der Waals surface area contributed by atoms with E-state index in [2.05, 4.69) is 5.32 Å². The Kier molecular flexibility index (Phi) is 4.83. The lowest BCUT2D eigenvalue weighted by atomic mass is 10.0. The van der Waals surface area contributed by atoms with Gasteiger partial charge in [0.05, 0.1) is 11.3 Å². The Hall–Kier alpha value is -3.94. The number of benzene rings is 3. The molecule has 1 aliphatic rings. The molecule has 0 aromatic heterocycles. The van der Waals surface area contributed by atoms with Crippen molar-refractivity contribution in [3.63, 3.8) is 0 Å². The zero-order valence-electron chi connectivity index (χ0n) is 15.1. The summed E-state index contributed by atoms with van der Waals surface area (Å²) in [6.45, 7) is 0. The van der Waals surface area contributed by atoms with Gasteiger partial charge in [0, 0.05) is 17.8 Å². The van der Waals surface area contributed by atoms with Crippen molar-refractivity contribution in [3.8, 4) is 0 Å². The molecule has 0 fully saturated rings. The normalized spacial score (nSPS) is 13.9. The maximum atomic E-state index is 14.3. The first-order chi connectivity index (χ1) is 14.4. The van der Waals surface area contributed by atoms with Crippen molar-refractivity contribution >= 4 is 28.8 Å². The number of hydrogen-bond acceptors (Lipinski definition) is 3. The molecule has 3 aromatic rings. The Balaban J connectivity index is 1.84. The fourth-order valence-electron chi connectivity index (χ4n) is 3.11. The summed E-state index contributed by atoms with van der Waals surface area (Å²) < 4.78 is 54.8. The van der Waals surface area contributed by atoms with E-state index in [1.165, 1.54) is 6.07 Å². The molecule has 0 saturated heterocycles. The fourth-order valence-corrected chi connectivity index (χ4v) is 3.11. The predicted molar refractivity (Wildman–Crippen MR) is 102 cm³/mol. The lowest BCUT2D eigenvalue weighted by Gasteiger charge is -2.16. The van der Waals surface area contributed by atoms with Crippen LogP contribution >= 0.6 is 0 Å². The van der Waals surface area contributed by atoms with E-state index in [0.29, 0.717) is 10.5 Å². The molecule has 0 bridgehead atoms. The molecule has 2 amide bonds. The monoisotopic (exact) mass is 412 g/mol. The summed E-state index contributed by atoms with van der Waals surface area (Å²) in [5.41, 5.74) is -0.615. The van der Waals surface area contributed by atoms with Gasteiger partial charge < -0.3 is 5.32 Å². The second kappa shape index (κ2) is 7.47. The first-order valence-electron chi connectivity index (χ1n) is 8.72. The van der Waals surface area contributed by atoms with Gasteiger partial charge in [0.15, 0.2) is 11.6 Å². The highest BCUT2D eigenvalue weighted by Crippen LogP contribution is 2.35. The van der Waals surface area contributed by atoms with Crippen LogP contribution in [0.1, 0.15) is 5.56 Å². The minimum Gasteiger partial charge on any atom is -0.350 e. The third-order valence-electron chi connectivity index (χ3n) is 4.48. The Bertz CT molecular complexity index is 1210. The van der Waals surface area contributed by atoms with Gasteiger partial charge in [-0.25, -0.2) is 22.5 Å². The van der Waals surface area contributed by atoms with E-state index in [1.54, 1.807) is 30.3 Å². The van der Waals surface area contributed by atoms with E-state index in [0.717, 1.165) is 30.3 Å². The van der Waals surface area contributed by atoms with Gasteiger partial charge in [0.2, 0.25) is 0 Å². The molecule has 4 rings (SSSR count). The van der Waals surface area contributed by atoms with Crippen molar-refractivity contribution < 1.29 is 27.2 Å². The van der Waals surface area contributed by atoms with Gasteiger partial charge in [-0.1, -0.05) is 30.3 Å². The van der Waals surface area contributed by atoms with Crippen molar-refractivity contribution in [2.75, 3.05) is 10.2 Å². The first kappa shape index (κ1) is 19.4. The molecule has 1 heterocycles. The number of halogens is 4. The quantitative estimate of drug-likeness (QED) is 0.502. The zero-order valence-corrected chi connectivity index (χ0v) is 15.1. The summed E-state index contributed by atoms with van der Waals surface area (Å²) in [4.78, 5) is 26.6. The summed E-state index contributed by atoms with van der Waals surface area (Å²) in [6, 6.07) is 13.3. The molecule has 0 spiro atoms. The smallest absolute Gasteiger partial charge is 0.282 e. The van der Waals surface area contributed by atoms with Crippen LogP contribution in [-0.2, 0) is 9.59 Å². The molecule has 0 aliphatic carbocycles. The lowest BCUT2D eigenvalue weighted by Crippen LogP contribution is -2.33. The zero-order chi connectivity index (χ0) is 21.4. The minimum absolute atomic E-state index is 0.0000419. The number of carbonyl (C=O) groups excluding carboxylic acids is 2. The van der Waals surface area contributed by atoms with Crippen LogP contribution < -0.4 is 10.2 Å². The maximum absolute atomic E-state index is 14.3. The van der Waals surface area contributed by atoms with Crippen LogP contribution in [0, 0.1) is 23.3 Å². The van der Waals surface area contributed by atoms with Gasteiger partial charge in [0.1, 0.15) is 17.3 Å². The van der Waals surface area contributed by atoms with Crippen molar-refractivity contribution in [2.24, 2.45) is 0 Å². The van der Waals surface area contributed by atoms with E-state index in [1.807, 2.05) is 0 Å². The van der Waals surface area contributed by atoms with Crippen molar-refractivity contribution in [3.05, 3.63) is 101 Å². The Labute approximate surface area is 168 Å². The Morgan fingerprint density at radius 1 is 0.700 bits per heavy atom. The van der Waals surface area contributed by atoms with Crippen molar-refractivity contribution in [1.82, 2.24) is 0 Å². The number of amides is 2. The summed E-state index contributed by atoms with van der Waals surface area (Å²) in [5, 5.41) is 2.62. The topological polar surface area (TPSA) is 49.4 Å². The standard InChI is InChI=1S/C22H12F4N2O2/c23-13-6-8-16(25)18(10-13)28-21(29)19(12-4-2-1-3-5-12)20(22(28)30)27-14-7-9-15(24)17(26)11-14/h1-11,27H. The van der Waals surface area contributed by atoms with Crippen molar-refractivity contribution in [1.29, 1.82) is 0 Å². The first-order valence-corrected chi connectivity index (χ1v) is 8.72. The molecule has 4 nitrogen and oxygen atoms in total. The largest absolute Gasteiger partial charge is 0.350 e. The van der Waals surface area contributed by atoms with E-state index >= 15 is 0 Å². The SMILES string of the molecule is O=C1C(Nc2ccc(F)c(F)c2)=C(c2ccccc2)C(=O)N1c1cc(F)ccc1F. The summed E-state index contributed by atoms with van der Waals surface area (Å²) in [5.74, 6) is -5.91. The van der Waals surface area contributed by atoms with Gasteiger partial charge in [-0.2, -0.15) is 0 Å². The minimum atomic E-state index is -1.16. The molecule has 0 unspecified atom stereocenters. The fraction of sp³-hybridized carbons (Fsp3) is 0. The second-order valence-electron chi connectivity index (χ2n) is 6.41. The van der Waals surface area contributed by atoms with Gasteiger partial charge in [0.25, 0.3) is 11.8 Å². The molecule has 0 saturated carbocycles. The number of imide groups is 1. The van der Waals surface area contributed by atoms with Gasteiger partial charge in [-0.05, 0) is 29.8 Å². The average Bonchev–Trinajstić information content (AvgIpc) is 2.97. The molecule has 30 heavy (non-hydrogen) atoms. The van der Waals surface area contributed by atoms with Crippen LogP contribution in [0.5, 0.6) is 0 Å². The van der Waals surface area contributed by atoms with Crippen LogP contribution in [-0.4, -0.2) is 11.8 Å². The van der Waals surface area contributed by atoms with E-state index in [4.69, 9.17) is 0 Å². The second-order valence-corrected chi connectivity index (χ2v) is 6.41. The van der Waals surface area contributed by atoms with E-state index < -0.39 is 40.8 Å². The molecular weight excluding hydrogens is 400 g/mol. The molecular formula is C22H12F4N2O2. The van der Waals surface area contributed by atoms with Gasteiger partial charge >= 0.3 is 0 Å². The summed E-state index contributed by atoms with van der Waals surface area (Å²) >= 11 is 0.